The molecule has 11 nitrogen and oxygen atoms in total. The third-order valence-corrected chi connectivity index (χ3v) is 8.68. The van der Waals surface area contributed by atoms with Crippen LogP contribution in [0.15, 0.2) is 60.7 Å². The van der Waals surface area contributed by atoms with E-state index < -0.39 is 79.4 Å². The van der Waals surface area contributed by atoms with Crippen LogP contribution in [0.25, 0.3) is 0 Å². The standard InChI is InChI=1S/C30H36O11/c1-13-9-20(38-22(32)10-16-5-7-17(37-4)8-6-16)24-15(3)29(36)41-28(24)23-14(2)19(11-18(13)23)39-30-27(35)26(34)25(33)21(12-31)40-30/h5-8,18-21,23-28,30-31,33-35H,1-3,9-12H2,4H3/t18-,19-,20+,21+,23-,24+,25+,26-,27+,28+,30+/m0/s1. The molecular formula is C30H36O11. The van der Waals surface area contributed by atoms with Crippen molar-refractivity contribution in [3.8, 4) is 5.75 Å². The molecule has 0 bridgehead atoms. The second-order valence-electron chi connectivity index (χ2n) is 11.1. The second kappa shape index (κ2) is 11.7. The van der Waals surface area contributed by atoms with E-state index in [4.69, 9.17) is 23.7 Å². The SMILES string of the molecule is C=C1C(=O)O[C@@H]2[C@H]3C(=C)[C@@H](O[C@@H]4O[C@H](CO)[C@@H](O)[C@H](O)[C@H]4O)C[C@H]3C(=C)C[C@@H](OC(=O)Cc3ccc(OC)cc3)[C@@H]12. The molecule has 0 radical (unpaired) electrons. The Labute approximate surface area is 237 Å². The lowest BCUT2D eigenvalue weighted by atomic mass is 9.81. The second-order valence-corrected chi connectivity index (χ2v) is 11.1. The number of aliphatic hydroxyl groups is 4. The lowest BCUT2D eigenvalue weighted by Crippen LogP contribution is -2.59. The fourth-order valence-electron chi connectivity index (χ4n) is 6.46. The van der Waals surface area contributed by atoms with E-state index in [1.807, 2.05) is 0 Å². The van der Waals surface area contributed by atoms with E-state index in [9.17, 15) is 30.0 Å². The van der Waals surface area contributed by atoms with Gasteiger partial charge < -0.3 is 44.1 Å². The van der Waals surface area contributed by atoms with Gasteiger partial charge in [-0.15, -0.1) is 0 Å². The van der Waals surface area contributed by atoms with Crippen LogP contribution in [0.5, 0.6) is 5.75 Å². The molecule has 0 amide bonds. The zero-order valence-electron chi connectivity index (χ0n) is 22.8. The van der Waals surface area contributed by atoms with Gasteiger partial charge >= 0.3 is 11.9 Å². The van der Waals surface area contributed by atoms with Crippen molar-refractivity contribution >= 4 is 11.9 Å². The maximum absolute atomic E-state index is 13.0. The summed E-state index contributed by atoms with van der Waals surface area (Å²) in [5.74, 6) is -1.69. The van der Waals surface area contributed by atoms with Crippen LogP contribution in [0.4, 0.5) is 0 Å². The summed E-state index contributed by atoms with van der Waals surface area (Å²) in [4.78, 5) is 25.7. The number of rotatable bonds is 7. The third-order valence-electron chi connectivity index (χ3n) is 8.68. The normalized spacial score (nSPS) is 38.6. The average Bonchev–Trinajstić information content (AvgIpc) is 3.39. The molecule has 0 aromatic heterocycles. The van der Waals surface area contributed by atoms with E-state index in [0.29, 0.717) is 17.7 Å². The first kappa shape index (κ1) is 29.4. The summed E-state index contributed by atoms with van der Waals surface area (Å²) in [6.07, 6.45) is -8.60. The first-order valence-corrected chi connectivity index (χ1v) is 13.6. The Morgan fingerprint density at radius 1 is 1.05 bits per heavy atom. The van der Waals surface area contributed by atoms with Gasteiger partial charge in [0, 0.05) is 17.9 Å². The van der Waals surface area contributed by atoms with Crippen LogP contribution in [-0.4, -0.2) is 95.1 Å². The minimum atomic E-state index is -1.59. The lowest BCUT2D eigenvalue weighted by molar-refractivity contribution is -0.308. The molecule has 1 aromatic rings. The smallest absolute Gasteiger partial charge is 0.334 e. The summed E-state index contributed by atoms with van der Waals surface area (Å²) >= 11 is 0. The fourth-order valence-corrected chi connectivity index (χ4v) is 6.46. The maximum atomic E-state index is 13.0. The third kappa shape index (κ3) is 5.45. The number of ether oxygens (including phenoxy) is 5. The summed E-state index contributed by atoms with van der Waals surface area (Å²) < 4.78 is 28.4. The zero-order valence-corrected chi connectivity index (χ0v) is 22.8. The molecule has 5 rings (SSSR count). The highest BCUT2D eigenvalue weighted by Crippen LogP contribution is 2.53. The summed E-state index contributed by atoms with van der Waals surface area (Å²) in [5, 5.41) is 40.2. The molecule has 0 unspecified atom stereocenters. The number of esters is 2. The van der Waals surface area contributed by atoms with Gasteiger partial charge in [-0.1, -0.05) is 37.4 Å². The van der Waals surface area contributed by atoms with Crippen molar-refractivity contribution in [1.29, 1.82) is 0 Å². The molecule has 11 atom stereocenters. The molecule has 11 heteroatoms. The van der Waals surface area contributed by atoms with Gasteiger partial charge in [0.2, 0.25) is 0 Å². The predicted octanol–water partition coefficient (Wildman–Crippen LogP) is 0.585. The number of aliphatic hydroxyl groups excluding tert-OH is 4. The van der Waals surface area contributed by atoms with Crippen LogP contribution in [0.3, 0.4) is 0 Å². The molecule has 2 saturated heterocycles. The van der Waals surface area contributed by atoms with Crippen molar-refractivity contribution in [1.82, 2.24) is 0 Å². The monoisotopic (exact) mass is 572 g/mol. The van der Waals surface area contributed by atoms with E-state index in [-0.39, 0.29) is 24.3 Å². The Morgan fingerprint density at radius 3 is 2.41 bits per heavy atom. The van der Waals surface area contributed by atoms with Crippen molar-refractivity contribution in [2.24, 2.45) is 17.8 Å². The highest BCUT2D eigenvalue weighted by molar-refractivity contribution is 5.91. The van der Waals surface area contributed by atoms with E-state index in [2.05, 4.69) is 19.7 Å². The maximum Gasteiger partial charge on any atom is 0.334 e. The number of carbonyl (C=O) groups excluding carboxylic acids is 2. The number of fused-ring (bicyclic) bond motifs is 3. The molecule has 4 fully saturated rings. The van der Waals surface area contributed by atoms with Crippen LogP contribution >= 0.6 is 0 Å². The zero-order chi connectivity index (χ0) is 29.6. The van der Waals surface area contributed by atoms with Gasteiger partial charge in [-0.3, -0.25) is 4.79 Å². The van der Waals surface area contributed by atoms with E-state index in [1.165, 1.54) is 0 Å². The summed E-state index contributed by atoms with van der Waals surface area (Å²) in [6.45, 7) is 11.8. The van der Waals surface area contributed by atoms with Crippen LogP contribution in [0.2, 0.25) is 0 Å². The lowest BCUT2D eigenvalue weighted by Gasteiger charge is -2.40. The van der Waals surface area contributed by atoms with E-state index >= 15 is 0 Å². The molecule has 2 heterocycles. The Hall–Kier alpha value is -3.06. The minimum absolute atomic E-state index is 0.0280. The van der Waals surface area contributed by atoms with Crippen LogP contribution in [-0.2, 0) is 35.0 Å². The van der Waals surface area contributed by atoms with E-state index in [1.54, 1.807) is 31.4 Å². The number of carbonyl (C=O) groups is 2. The highest BCUT2D eigenvalue weighted by Gasteiger charge is 2.58. The average molecular weight is 573 g/mol. The van der Waals surface area contributed by atoms with Crippen molar-refractivity contribution in [2.75, 3.05) is 13.7 Å². The molecular weight excluding hydrogens is 536 g/mol. The summed E-state index contributed by atoms with van der Waals surface area (Å²) in [7, 11) is 1.56. The van der Waals surface area contributed by atoms with Gasteiger partial charge in [-0.2, -0.15) is 0 Å². The van der Waals surface area contributed by atoms with Crippen molar-refractivity contribution in [3.63, 3.8) is 0 Å². The largest absolute Gasteiger partial charge is 0.497 e. The fraction of sp³-hybridized carbons (Fsp3) is 0.533. The first-order chi connectivity index (χ1) is 19.5. The molecule has 222 valence electrons. The highest BCUT2D eigenvalue weighted by atomic mass is 16.7. The van der Waals surface area contributed by atoms with Gasteiger partial charge in [0.25, 0.3) is 0 Å². The number of hydrogen-bond donors (Lipinski definition) is 4. The van der Waals surface area contributed by atoms with Gasteiger partial charge in [0.1, 0.15) is 42.4 Å². The molecule has 2 saturated carbocycles. The van der Waals surface area contributed by atoms with Crippen LogP contribution in [0, 0.1) is 17.8 Å². The molecule has 1 aromatic carbocycles. The van der Waals surface area contributed by atoms with E-state index in [0.717, 1.165) is 11.1 Å². The predicted molar refractivity (Wildman–Crippen MR) is 142 cm³/mol. The first-order valence-electron chi connectivity index (χ1n) is 13.6. The molecule has 2 aliphatic heterocycles. The Kier molecular flexibility index (Phi) is 8.38. The van der Waals surface area contributed by atoms with Crippen molar-refractivity contribution < 1.29 is 53.7 Å². The van der Waals surface area contributed by atoms with Gasteiger partial charge in [-0.25, -0.2) is 4.79 Å². The van der Waals surface area contributed by atoms with Gasteiger partial charge in [0.05, 0.1) is 32.2 Å². The Morgan fingerprint density at radius 2 is 1.76 bits per heavy atom. The summed E-state index contributed by atoms with van der Waals surface area (Å²) in [5.41, 5.74) is 2.28. The van der Waals surface area contributed by atoms with Crippen LogP contribution < -0.4 is 4.74 Å². The molecule has 41 heavy (non-hydrogen) atoms. The minimum Gasteiger partial charge on any atom is -0.497 e. The quantitative estimate of drug-likeness (QED) is 0.206. The van der Waals surface area contributed by atoms with Gasteiger partial charge in [-0.05, 0) is 35.6 Å². The number of benzene rings is 1. The Balaban J connectivity index is 1.32. The number of hydrogen-bond acceptors (Lipinski definition) is 11. The molecule has 4 N–H and O–H groups in total. The van der Waals surface area contributed by atoms with Crippen LogP contribution in [0.1, 0.15) is 18.4 Å². The summed E-state index contributed by atoms with van der Waals surface area (Å²) in [6, 6.07) is 7.07. The molecule has 2 aliphatic carbocycles. The van der Waals surface area contributed by atoms with Crippen molar-refractivity contribution in [2.45, 2.75) is 68.3 Å². The number of methoxy groups -OCH3 is 1. The van der Waals surface area contributed by atoms with Crippen molar-refractivity contribution in [3.05, 3.63) is 66.3 Å². The topological polar surface area (TPSA) is 161 Å². The molecule has 0 spiro atoms. The van der Waals surface area contributed by atoms with Gasteiger partial charge in [0.15, 0.2) is 6.29 Å². The molecule has 4 aliphatic rings. The Bertz CT molecular complexity index is 1210.